The molecule has 0 spiro atoms. The van der Waals surface area contributed by atoms with Crippen LogP contribution in [0, 0.1) is 17.0 Å². The number of nitro benzene ring substituents is 1. The van der Waals surface area contributed by atoms with Gasteiger partial charge in [0.25, 0.3) is 5.69 Å². The van der Waals surface area contributed by atoms with Crippen LogP contribution in [0.3, 0.4) is 0 Å². The van der Waals surface area contributed by atoms with E-state index in [2.05, 4.69) is 10.3 Å². The number of benzene rings is 1. The minimum atomic E-state index is -0.368. The second-order valence-corrected chi connectivity index (χ2v) is 3.92. The summed E-state index contributed by atoms with van der Waals surface area (Å²) in [4.78, 5) is 14.4. The molecule has 0 saturated heterocycles. The molecule has 0 aliphatic rings. The van der Waals surface area contributed by atoms with Gasteiger partial charge in [-0.05, 0) is 30.7 Å². The van der Waals surface area contributed by atoms with Crippen molar-refractivity contribution in [3.8, 4) is 0 Å². The molecule has 1 aromatic heterocycles. The highest BCUT2D eigenvalue weighted by atomic mass is 16.6. The number of nitrogens with one attached hydrogen (secondary N) is 1. The first-order valence-corrected chi connectivity index (χ1v) is 5.55. The first kappa shape index (κ1) is 12.0. The predicted octanol–water partition coefficient (Wildman–Crippen LogP) is 2.91. The molecule has 0 radical (unpaired) electrons. The van der Waals surface area contributed by atoms with E-state index in [1.165, 1.54) is 6.07 Å². The maximum Gasteiger partial charge on any atom is 0.274 e. The number of hydrogen-bond donors (Lipinski definition) is 1. The van der Waals surface area contributed by atoms with Crippen LogP contribution in [0.15, 0.2) is 42.7 Å². The van der Waals surface area contributed by atoms with Crippen molar-refractivity contribution >= 4 is 11.4 Å². The molecule has 2 aromatic rings. The third-order valence-electron chi connectivity index (χ3n) is 2.73. The zero-order valence-corrected chi connectivity index (χ0v) is 9.96. The lowest BCUT2D eigenvalue weighted by Gasteiger charge is -2.09. The minimum Gasteiger partial charge on any atom is -0.381 e. The number of hydrogen-bond acceptors (Lipinski definition) is 4. The van der Waals surface area contributed by atoms with Crippen molar-refractivity contribution in [1.82, 2.24) is 4.98 Å². The molecule has 2 rings (SSSR count). The quantitative estimate of drug-likeness (QED) is 0.662. The van der Waals surface area contributed by atoms with Gasteiger partial charge in [-0.25, -0.2) is 0 Å². The number of nitro groups is 1. The van der Waals surface area contributed by atoms with Crippen molar-refractivity contribution in [2.75, 3.05) is 5.32 Å². The van der Waals surface area contributed by atoms with Crippen molar-refractivity contribution in [2.45, 2.75) is 13.5 Å². The molecule has 0 bridgehead atoms. The highest BCUT2D eigenvalue weighted by Crippen LogP contribution is 2.25. The lowest BCUT2D eigenvalue weighted by atomic mass is 10.1. The number of anilines is 1. The van der Waals surface area contributed by atoms with Crippen LogP contribution in [0.4, 0.5) is 11.4 Å². The molecule has 0 unspecified atom stereocenters. The SMILES string of the molecule is Cc1c(NCc2ccncc2)cccc1[N+](=O)[O-]. The molecular formula is C13H13N3O2. The molecule has 1 heterocycles. The summed E-state index contributed by atoms with van der Waals surface area (Å²) in [6, 6.07) is 8.83. The molecule has 0 amide bonds. The summed E-state index contributed by atoms with van der Waals surface area (Å²) in [6.07, 6.45) is 3.44. The Morgan fingerprint density at radius 2 is 2.00 bits per heavy atom. The van der Waals surface area contributed by atoms with Crippen LogP contribution in [0.1, 0.15) is 11.1 Å². The second kappa shape index (κ2) is 5.27. The average molecular weight is 243 g/mol. The van der Waals surface area contributed by atoms with Gasteiger partial charge in [0.1, 0.15) is 0 Å². The van der Waals surface area contributed by atoms with Gasteiger partial charge in [-0.1, -0.05) is 6.07 Å². The Morgan fingerprint density at radius 1 is 1.28 bits per heavy atom. The van der Waals surface area contributed by atoms with Gasteiger partial charge in [0, 0.05) is 36.3 Å². The highest BCUT2D eigenvalue weighted by molar-refractivity contribution is 5.59. The number of aromatic nitrogens is 1. The summed E-state index contributed by atoms with van der Waals surface area (Å²) in [6.45, 7) is 2.36. The largest absolute Gasteiger partial charge is 0.381 e. The Hall–Kier alpha value is -2.43. The zero-order valence-electron chi connectivity index (χ0n) is 9.96. The molecule has 1 aromatic carbocycles. The van der Waals surface area contributed by atoms with Crippen molar-refractivity contribution < 1.29 is 4.92 Å². The maximum absolute atomic E-state index is 10.8. The summed E-state index contributed by atoms with van der Waals surface area (Å²) in [5.41, 5.74) is 2.64. The molecular weight excluding hydrogens is 230 g/mol. The maximum atomic E-state index is 10.8. The number of rotatable bonds is 4. The van der Waals surface area contributed by atoms with Gasteiger partial charge in [0.15, 0.2) is 0 Å². The fourth-order valence-electron chi connectivity index (χ4n) is 1.71. The van der Waals surface area contributed by atoms with E-state index in [1.54, 1.807) is 25.4 Å². The molecule has 18 heavy (non-hydrogen) atoms. The number of nitrogens with zero attached hydrogens (tertiary/aromatic N) is 2. The molecule has 0 fully saturated rings. The van der Waals surface area contributed by atoms with Crippen LogP contribution in [0.25, 0.3) is 0 Å². The first-order chi connectivity index (χ1) is 8.68. The van der Waals surface area contributed by atoms with Gasteiger partial charge < -0.3 is 5.32 Å². The summed E-state index contributed by atoms with van der Waals surface area (Å²) < 4.78 is 0. The standard InChI is InChI=1S/C13H13N3O2/c1-10-12(3-2-4-13(10)16(17)18)15-9-11-5-7-14-8-6-11/h2-8,15H,9H2,1H3. The Morgan fingerprint density at radius 3 is 2.67 bits per heavy atom. The molecule has 0 saturated carbocycles. The van der Waals surface area contributed by atoms with E-state index < -0.39 is 0 Å². The van der Waals surface area contributed by atoms with Gasteiger partial charge in [-0.2, -0.15) is 0 Å². The first-order valence-electron chi connectivity index (χ1n) is 5.55. The zero-order chi connectivity index (χ0) is 13.0. The Balaban J connectivity index is 2.15. The lowest BCUT2D eigenvalue weighted by Crippen LogP contribution is -2.02. The van der Waals surface area contributed by atoms with Crippen LogP contribution in [0.2, 0.25) is 0 Å². The molecule has 0 aliphatic heterocycles. The van der Waals surface area contributed by atoms with E-state index in [-0.39, 0.29) is 10.6 Å². The topological polar surface area (TPSA) is 68.1 Å². The van der Waals surface area contributed by atoms with E-state index in [0.717, 1.165) is 11.3 Å². The summed E-state index contributed by atoms with van der Waals surface area (Å²) >= 11 is 0. The average Bonchev–Trinajstić information content (AvgIpc) is 2.38. The Kier molecular flexibility index (Phi) is 3.52. The van der Waals surface area contributed by atoms with E-state index in [1.807, 2.05) is 18.2 Å². The predicted molar refractivity (Wildman–Crippen MR) is 69.4 cm³/mol. The monoisotopic (exact) mass is 243 g/mol. The van der Waals surface area contributed by atoms with Gasteiger partial charge >= 0.3 is 0 Å². The summed E-state index contributed by atoms with van der Waals surface area (Å²) in [5.74, 6) is 0. The van der Waals surface area contributed by atoms with Gasteiger partial charge in [-0.3, -0.25) is 15.1 Å². The van der Waals surface area contributed by atoms with Crippen LogP contribution >= 0.6 is 0 Å². The molecule has 5 nitrogen and oxygen atoms in total. The van der Waals surface area contributed by atoms with Crippen LogP contribution in [-0.4, -0.2) is 9.91 Å². The van der Waals surface area contributed by atoms with Crippen LogP contribution < -0.4 is 5.32 Å². The van der Waals surface area contributed by atoms with Crippen molar-refractivity contribution in [1.29, 1.82) is 0 Å². The lowest BCUT2D eigenvalue weighted by molar-refractivity contribution is -0.385. The molecule has 5 heteroatoms. The molecule has 92 valence electrons. The molecule has 1 N–H and O–H groups in total. The minimum absolute atomic E-state index is 0.134. The summed E-state index contributed by atoms with van der Waals surface area (Å²) in [5, 5.41) is 14.0. The fraction of sp³-hybridized carbons (Fsp3) is 0.154. The van der Waals surface area contributed by atoms with Crippen molar-refractivity contribution in [3.05, 3.63) is 64.0 Å². The van der Waals surface area contributed by atoms with E-state index in [9.17, 15) is 10.1 Å². The summed E-state index contributed by atoms with van der Waals surface area (Å²) in [7, 11) is 0. The smallest absolute Gasteiger partial charge is 0.274 e. The third-order valence-corrected chi connectivity index (χ3v) is 2.73. The van der Waals surface area contributed by atoms with Gasteiger partial charge in [0.2, 0.25) is 0 Å². The van der Waals surface area contributed by atoms with Crippen LogP contribution in [-0.2, 0) is 6.54 Å². The third kappa shape index (κ3) is 2.63. The van der Waals surface area contributed by atoms with Crippen molar-refractivity contribution in [2.24, 2.45) is 0 Å². The number of pyridine rings is 1. The van der Waals surface area contributed by atoms with Gasteiger partial charge in [0.05, 0.1) is 4.92 Å². The fourth-order valence-corrected chi connectivity index (χ4v) is 1.71. The van der Waals surface area contributed by atoms with Crippen LogP contribution in [0.5, 0.6) is 0 Å². The molecule has 0 atom stereocenters. The second-order valence-electron chi connectivity index (χ2n) is 3.92. The van der Waals surface area contributed by atoms with Gasteiger partial charge in [-0.15, -0.1) is 0 Å². The normalized spacial score (nSPS) is 10.1. The van der Waals surface area contributed by atoms with Crippen molar-refractivity contribution in [3.63, 3.8) is 0 Å². The van der Waals surface area contributed by atoms with E-state index >= 15 is 0 Å². The van der Waals surface area contributed by atoms with E-state index in [0.29, 0.717) is 12.1 Å². The molecule has 0 aliphatic carbocycles. The highest BCUT2D eigenvalue weighted by Gasteiger charge is 2.12. The Bertz CT molecular complexity index is 555. The Labute approximate surface area is 105 Å². The van der Waals surface area contributed by atoms with E-state index in [4.69, 9.17) is 0 Å².